The zero-order chi connectivity index (χ0) is 12.3. The van der Waals surface area contributed by atoms with Gasteiger partial charge in [0.15, 0.2) is 0 Å². The Hall–Kier alpha value is -0.160. The lowest BCUT2D eigenvalue weighted by atomic mass is 9.96. The fourth-order valence-corrected chi connectivity index (χ4v) is 2.33. The highest BCUT2D eigenvalue weighted by Gasteiger charge is 2.28. The standard InChI is InChI=1S/C12H27N3O/c1-10(7-12(3,16)9-13)15-6-5-14(4)11(2)8-15/h10-11,16H,5-9,13H2,1-4H3. The second-order valence-corrected chi connectivity index (χ2v) is 5.58. The van der Waals surface area contributed by atoms with E-state index in [1.54, 1.807) is 0 Å². The third kappa shape index (κ3) is 3.70. The molecular formula is C12H27N3O. The molecule has 1 saturated heterocycles. The molecule has 0 aliphatic carbocycles. The largest absolute Gasteiger partial charge is 0.389 e. The minimum atomic E-state index is -0.730. The van der Waals surface area contributed by atoms with Crippen molar-refractivity contribution in [3.05, 3.63) is 0 Å². The number of aliphatic hydroxyl groups is 1. The smallest absolute Gasteiger partial charge is 0.0756 e. The number of nitrogens with two attached hydrogens (primary N) is 1. The Bertz CT molecular complexity index is 220. The Morgan fingerprint density at radius 2 is 2.12 bits per heavy atom. The number of piperazine rings is 1. The molecule has 3 atom stereocenters. The van der Waals surface area contributed by atoms with Crippen LogP contribution in [0.1, 0.15) is 27.2 Å². The highest BCUT2D eigenvalue weighted by atomic mass is 16.3. The molecule has 0 spiro atoms. The zero-order valence-electron chi connectivity index (χ0n) is 11.1. The first-order chi connectivity index (χ1) is 7.35. The van der Waals surface area contributed by atoms with Crippen LogP contribution in [0.4, 0.5) is 0 Å². The van der Waals surface area contributed by atoms with Crippen molar-refractivity contribution >= 4 is 0 Å². The summed E-state index contributed by atoms with van der Waals surface area (Å²) in [6.07, 6.45) is 0.750. The quantitative estimate of drug-likeness (QED) is 0.718. The highest BCUT2D eigenvalue weighted by molar-refractivity contribution is 4.85. The summed E-state index contributed by atoms with van der Waals surface area (Å²) < 4.78 is 0. The first-order valence-corrected chi connectivity index (χ1v) is 6.22. The lowest BCUT2D eigenvalue weighted by Gasteiger charge is -2.42. The van der Waals surface area contributed by atoms with E-state index in [0.29, 0.717) is 18.6 Å². The molecule has 1 aliphatic rings. The van der Waals surface area contributed by atoms with Gasteiger partial charge in [-0.15, -0.1) is 0 Å². The van der Waals surface area contributed by atoms with E-state index in [9.17, 15) is 5.11 Å². The zero-order valence-corrected chi connectivity index (χ0v) is 11.1. The van der Waals surface area contributed by atoms with E-state index in [1.165, 1.54) is 0 Å². The number of nitrogens with zero attached hydrogens (tertiary/aromatic N) is 2. The van der Waals surface area contributed by atoms with E-state index < -0.39 is 5.60 Å². The van der Waals surface area contributed by atoms with Crippen molar-refractivity contribution < 1.29 is 5.11 Å². The molecule has 1 heterocycles. The van der Waals surface area contributed by atoms with Gasteiger partial charge in [-0.1, -0.05) is 0 Å². The average Bonchev–Trinajstić information content (AvgIpc) is 2.21. The molecule has 0 aromatic heterocycles. The fraction of sp³-hybridized carbons (Fsp3) is 1.00. The summed E-state index contributed by atoms with van der Waals surface area (Å²) in [6.45, 7) is 9.86. The first kappa shape index (κ1) is 13.9. The van der Waals surface area contributed by atoms with Crippen LogP contribution in [0.15, 0.2) is 0 Å². The van der Waals surface area contributed by atoms with Gasteiger partial charge in [-0.2, -0.15) is 0 Å². The monoisotopic (exact) mass is 229 g/mol. The molecule has 3 unspecified atom stereocenters. The third-order valence-corrected chi connectivity index (χ3v) is 3.79. The maximum Gasteiger partial charge on any atom is 0.0756 e. The van der Waals surface area contributed by atoms with Crippen LogP contribution in [-0.2, 0) is 0 Å². The van der Waals surface area contributed by atoms with Crippen molar-refractivity contribution in [2.24, 2.45) is 5.73 Å². The molecular weight excluding hydrogens is 202 g/mol. The van der Waals surface area contributed by atoms with Crippen LogP contribution < -0.4 is 5.73 Å². The molecule has 96 valence electrons. The molecule has 3 N–H and O–H groups in total. The van der Waals surface area contributed by atoms with Gasteiger partial charge in [-0.3, -0.25) is 4.90 Å². The van der Waals surface area contributed by atoms with E-state index in [0.717, 1.165) is 26.1 Å². The van der Waals surface area contributed by atoms with Crippen molar-refractivity contribution in [2.45, 2.75) is 44.9 Å². The molecule has 0 bridgehead atoms. The van der Waals surface area contributed by atoms with Crippen LogP contribution in [0.25, 0.3) is 0 Å². The van der Waals surface area contributed by atoms with Gasteiger partial charge < -0.3 is 15.7 Å². The Morgan fingerprint density at radius 3 is 2.62 bits per heavy atom. The highest BCUT2D eigenvalue weighted by Crippen LogP contribution is 2.18. The number of hydrogen-bond donors (Lipinski definition) is 2. The summed E-state index contributed by atoms with van der Waals surface area (Å²) in [5.74, 6) is 0. The summed E-state index contributed by atoms with van der Waals surface area (Å²) in [5.41, 5.74) is 4.83. The van der Waals surface area contributed by atoms with Gasteiger partial charge in [-0.05, 0) is 34.2 Å². The molecule has 4 heteroatoms. The second-order valence-electron chi connectivity index (χ2n) is 5.58. The van der Waals surface area contributed by atoms with Gasteiger partial charge in [0.2, 0.25) is 0 Å². The van der Waals surface area contributed by atoms with Gasteiger partial charge in [0, 0.05) is 38.3 Å². The van der Waals surface area contributed by atoms with E-state index in [-0.39, 0.29) is 0 Å². The van der Waals surface area contributed by atoms with E-state index in [1.807, 2.05) is 6.92 Å². The maximum absolute atomic E-state index is 9.98. The maximum atomic E-state index is 9.98. The van der Waals surface area contributed by atoms with E-state index >= 15 is 0 Å². The molecule has 1 rings (SSSR count). The molecule has 1 aliphatic heterocycles. The number of rotatable bonds is 4. The average molecular weight is 229 g/mol. The van der Waals surface area contributed by atoms with Crippen LogP contribution >= 0.6 is 0 Å². The van der Waals surface area contributed by atoms with Crippen molar-refractivity contribution in [2.75, 3.05) is 33.2 Å². The third-order valence-electron chi connectivity index (χ3n) is 3.79. The normalized spacial score (nSPS) is 30.0. The summed E-state index contributed by atoms with van der Waals surface area (Å²) in [5, 5.41) is 9.98. The summed E-state index contributed by atoms with van der Waals surface area (Å²) >= 11 is 0. The predicted octanol–water partition coefficient (Wildman–Crippen LogP) is 0.111. The van der Waals surface area contributed by atoms with Crippen LogP contribution in [0.5, 0.6) is 0 Å². The lowest BCUT2D eigenvalue weighted by Crippen LogP contribution is -2.54. The molecule has 16 heavy (non-hydrogen) atoms. The topological polar surface area (TPSA) is 52.7 Å². The first-order valence-electron chi connectivity index (χ1n) is 6.22. The summed E-state index contributed by atoms with van der Waals surface area (Å²) in [6, 6.07) is 0.994. The predicted molar refractivity (Wildman–Crippen MR) is 67.4 cm³/mol. The van der Waals surface area contributed by atoms with Gasteiger partial charge in [-0.25, -0.2) is 0 Å². The van der Waals surface area contributed by atoms with E-state index in [2.05, 4.69) is 30.7 Å². The van der Waals surface area contributed by atoms with E-state index in [4.69, 9.17) is 5.73 Å². The number of hydrogen-bond acceptors (Lipinski definition) is 4. The molecule has 0 aromatic carbocycles. The Morgan fingerprint density at radius 1 is 1.50 bits per heavy atom. The molecule has 0 saturated carbocycles. The second kappa shape index (κ2) is 5.45. The summed E-state index contributed by atoms with van der Waals surface area (Å²) in [4.78, 5) is 4.83. The molecule has 4 nitrogen and oxygen atoms in total. The van der Waals surface area contributed by atoms with Gasteiger partial charge in [0.05, 0.1) is 5.60 Å². The SMILES string of the molecule is CC1CN(C(C)CC(C)(O)CN)CCN1C. The van der Waals surface area contributed by atoms with Crippen molar-refractivity contribution in [3.8, 4) is 0 Å². The molecule has 1 fully saturated rings. The fourth-order valence-electron chi connectivity index (χ4n) is 2.33. The molecule has 0 amide bonds. The van der Waals surface area contributed by atoms with Crippen LogP contribution in [-0.4, -0.2) is 65.8 Å². The van der Waals surface area contributed by atoms with Crippen molar-refractivity contribution in [1.82, 2.24) is 9.80 Å². The summed E-state index contributed by atoms with van der Waals surface area (Å²) in [7, 11) is 2.17. The van der Waals surface area contributed by atoms with Crippen LogP contribution in [0.3, 0.4) is 0 Å². The molecule has 0 radical (unpaired) electrons. The molecule has 0 aromatic rings. The lowest BCUT2D eigenvalue weighted by molar-refractivity contribution is 0.00918. The number of likely N-dealkylation sites (N-methyl/N-ethyl adjacent to an activating group) is 1. The van der Waals surface area contributed by atoms with Crippen LogP contribution in [0, 0.1) is 0 Å². The van der Waals surface area contributed by atoms with Gasteiger partial charge in [0.25, 0.3) is 0 Å². The Balaban J connectivity index is 2.46. The van der Waals surface area contributed by atoms with Gasteiger partial charge >= 0.3 is 0 Å². The van der Waals surface area contributed by atoms with Crippen molar-refractivity contribution in [1.29, 1.82) is 0 Å². The minimum absolute atomic E-state index is 0.334. The minimum Gasteiger partial charge on any atom is -0.389 e. The Labute approximate surface area is 99.4 Å². The Kier molecular flexibility index (Phi) is 4.73. The van der Waals surface area contributed by atoms with Gasteiger partial charge in [0.1, 0.15) is 0 Å². The van der Waals surface area contributed by atoms with Crippen LogP contribution in [0.2, 0.25) is 0 Å². The van der Waals surface area contributed by atoms with Crippen molar-refractivity contribution in [3.63, 3.8) is 0 Å².